The fraction of sp³-hybridized carbons (Fsp3) is 0.833. The highest BCUT2D eigenvalue weighted by molar-refractivity contribution is 7.10. The van der Waals surface area contributed by atoms with Gasteiger partial charge in [-0.25, -0.2) is 0 Å². The third-order valence-electron chi connectivity index (χ3n) is 2.34. The van der Waals surface area contributed by atoms with E-state index in [2.05, 4.69) is 21.8 Å². The predicted molar refractivity (Wildman–Crippen MR) is 75.7 cm³/mol. The molecule has 0 spiro atoms. The van der Waals surface area contributed by atoms with Gasteiger partial charge in [0.15, 0.2) is 0 Å². The van der Waals surface area contributed by atoms with Crippen LogP contribution in [0.4, 0.5) is 5.00 Å². The van der Waals surface area contributed by atoms with E-state index in [1.54, 1.807) is 7.11 Å². The summed E-state index contributed by atoms with van der Waals surface area (Å²) in [6.07, 6.45) is 1.95. The molecule has 0 atom stereocenters. The quantitative estimate of drug-likeness (QED) is 0.593. The number of hydrogen-bond donors (Lipinski definition) is 1. The van der Waals surface area contributed by atoms with Crippen LogP contribution in [0.25, 0.3) is 0 Å². The average Bonchev–Trinajstić information content (AvgIpc) is 2.87. The molecule has 0 saturated heterocycles. The van der Waals surface area contributed by atoms with Crippen LogP contribution in [0, 0.1) is 0 Å². The molecule has 1 aromatic heterocycles. The Morgan fingerprint density at radius 2 is 2.00 bits per heavy atom. The van der Waals surface area contributed by atoms with Crippen molar-refractivity contribution < 1.29 is 14.2 Å². The Kier molecular flexibility index (Phi) is 9.52. The monoisotopic (exact) mass is 289 g/mol. The van der Waals surface area contributed by atoms with Crippen LogP contribution in [0.1, 0.15) is 25.5 Å². The van der Waals surface area contributed by atoms with E-state index < -0.39 is 0 Å². The van der Waals surface area contributed by atoms with E-state index in [4.69, 9.17) is 14.2 Å². The van der Waals surface area contributed by atoms with Crippen LogP contribution in [0.2, 0.25) is 0 Å². The van der Waals surface area contributed by atoms with E-state index in [9.17, 15) is 0 Å². The molecule has 19 heavy (non-hydrogen) atoms. The lowest BCUT2D eigenvalue weighted by Gasteiger charge is -2.06. The molecule has 0 fully saturated rings. The standard InChI is InChI=1S/C12H23N3O3S/c1-3-5-13-12-11(14-15-19-12)10-18-7-4-6-17-9-8-16-2/h13H,3-10H2,1-2H3. The third-order valence-corrected chi connectivity index (χ3v) is 3.07. The van der Waals surface area contributed by atoms with Gasteiger partial charge in [0.1, 0.15) is 10.7 Å². The molecule has 0 amide bonds. The fourth-order valence-corrected chi connectivity index (χ4v) is 1.94. The van der Waals surface area contributed by atoms with Crippen LogP contribution >= 0.6 is 11.5 Å². The number of methoxy groups -OCH3 is 1. The number of ether oxygens (including phenoxy) is 3. The van der Waals surface area contributed by atoms with Crippen LogP contribution in [0.15, 0.2) is 0 Å². The smallest absolute Gasteiger partial charge is 0.135 e. The van der Waals surface area contributed by atoms with E-state index in [-0.39, 0.29) is 0 Å². The Morgan fingerprint density at radius 1 is 1.16 bits per heavy atom. The minimum absolute atomic E-state index is 0.501. The van der Waals surface area contributed by atoms with Gasteiger partial charge in [0, 0.05) is 38.4 Å². The van der Waals surface area contributed by atoms with E-state index in [1.807, 2.05) is 0 Å². The lowest BCUT2D eigenvalue weighted by molar-refractivity contribution is 0.0479. The second-order valence-electron chi connectivity index (χ2n) is 3.99. The zero-order chi connectivity index (χ0) is 13.8. The average molecular weight is 289 g/mol. The van der Waals surface area contributed by atoms with Gasteiger partial charge in [-0.3, -0.25) is 0 Å². The number of anilines is 1. The molecule has 0 aliphatic carbocycles. The lowest BCUT2D eigenvalue weighted by Crippen LogP contribution is -2.06. The van der Waals surface area contributed by atoms with Crippen LogP contribution < -0.4 is 5.32 Å². The van der Waals surface area contributed by atoms with E-state index in [0.29, 0.717) is 33.0 Å². The first-order valence-electron chi connectivity index (χ1n) is 6.58. The van der Waals surface area contributed by atoms with Crippen molar-refractivity contribution in [2.45, 2.75) is 26.4 Å². The molecule has 1 heterocycles. The summed E-state index contributed by atoms with van der Waals surface area (Å²) >= 11 is 1.38. The normalized spacial score (nSPS) is 10.8. The Morgan fingerprint density at radius 3 is 2.79 bits per heavy atom. The van der Waals surface area contributed by atoms with Gasteiger partial charge < -0.3 is 19.5 Å². The number of nitrogens with zero attached hydrogens (tertiary/aromatic N) is 2. The minimum atomic E-state index is 0.501. The van der Waals surface area contributed by atoms with E-state index in [0.717, 1.165) is 30.1 Å². The molecule has 0 radical (unpaired) electrons. The molecule has 0 bridgehead atoms. The third kappa shape index (κ3) is 7.41. The number of aromatic nitrogens is 2. The predicted octanol–water partition coefficient (Wildman–Crippen LogP) is 1.93. The van der Waals surface area contributed by atoms with Crippen molar-refractivity contribution >= 4 is 16.5 Å². The zero-order valence-electron chi connectivity index (χ0n) is 11.7. The van der Waals surface area contributed by atoms with Crippen LogP contribution in [-0.2, 0) is 20.8 Å². The Labute approximate surface area is 118 Å². The highest BCUT2D eigenvalue weighted by atomic mass is 32.1. The Hall–Kier alpha value is -0.760. The van der Waals surface area contributed by atoms with Crippen LogP contribution in [0.3, 0.4) is 0 Å². The summed E-state index contributed by atoms with van der Waals surface area (Å²) in [7, 11) is 1.67. The van der Waals surface area contributed by atoms with Gasteiger partial charge in [-0.15, -0.1) is 5.10 Å². The highest BCUT2D eigenvalue weighted by Gasteiger charge is 2.06. The van der Waals surface area contributed by atoms with Crippen molar-refractivity contribution in [2.75, 3.05) is 45.4 Å². The number of nitrogens with one attached hydrogen (secondary N) is 1. The van der Waals surface area contributed by atoms with Gasteiger partial charge in [-0.2, -0.15) is 0 Å². The van der Waals surface area contributed by atoms with E-state index in [1.165, 1.54) is 11.5 Å². The van der Waals surface area contributed by atoms with Crippen molar-refractivity contribution in [1.29, 1.82) is 0 Å². The molecule has 1 rings (SSSR count). The maximum Gasteiger partial charge on any atom is 0.135 e. The maximum absolute atomic E-state index is 5.56. The molecule has 0 aliphatic heterocycles. The summed E-state index contributed by atoms with van der Waals surface area (Å²) in [4.78, 5) is 0. The molecule has 7 heteroatoms. The van der Waals surface area contributed by atoms with Crippen molar-refractivity contribution in [3.05, 3.63) is 5.69 Å². The van der Waals surface area contributed by atoms with Gasteiger partial charge in [0.2, 0.25) is 0 Å². The van der Waals surface area contributed by atoms with Crippen LogP contribution in [0.5, 0.6) is 0 Å². The summed E-state index contributed by atoms with van der Waals surface area (Å²) in [5, 5.41) is 8.37. The van der Waals surface area contributed by atoms with Gasteiger partial charge in [0.25, 0.3) is 0 Å². The summed E-state index contributed by atoms with van der Waals surface area (Å²) in [5.74, 6) is 0. The van der Waals surface area contributed by atoms with Crippen molar-refractivity contribution in [3.8, 4) is 0 Å². The molecule has 1 N–H and O–H groups in total. The molecule has 1 aromatic rings. The lowest BCUT2D eigenvalue weighted by atomic mass is 10.4. The summed E-state index contributed by atoms with van der Waals surface area (Å²) in [6, 6.07) is 0. The molecule has 6 nitrogen and oxygen atoms in total. The molecule has 0 aliphatic rings. The van der Waals surface area contributed by atoms with Crippen molar-refractivity contribution in [2.24, 2.45) is 0 Å². The first-order chi connectivity index (χ1) is 9.38. The molecular formula is C12H23N3O3S. The van der Waals surface area contributed by atoms with Crippen molar-refractivity contribution in [1.82, 2.24) is 9.59 Å². The molecule has 110 valence electrons. The topological polar surface area (TPSA) is 65.5 Å². The molecular weight excluding hydrogens is 266 g/mol. The Bertz CT molecular complexity index is 323. The highest BCUT2D eigenvalue weighted by Crippen LogP contribution is 2.18. The number of hydrogen-bond acceptors (Lipinski definition) is 7. The molecule has 0 unspecified atom stereocenters. The SMILES string of the molecule is CCCNc1snnc1COCCCOCCOC. The van der Waals surface area contributed by atoms with Gasteiger partial charge in [-0.1, -0.05) is 11.4 Å². The van der Waals surface area contributed by atoms with Crippen molar-refractivity contribution in [3.63, 3.8) is 0 Å². The molecule has 0 saturated carbocycles. The number of rotatable bonds is 12. The van der Waals surface area contributed by atoms with Crippen LogP contribution in [-0.4, -0.2) is 49.7 Å². The first kappa shape index (κ1) is 16.3. The summed E-state index contributed by atoms with van der Waals surface area (Å²) < 4.78 is 19.7. The summed E-state index contributed by atoms with van der Waals surface area (Å²) in [6.45, 7) is 6.19. The van der Waals surface area contributed by atoms with E-state index >= 15 is 0 Å². The maximum atomic E-state index is 5.56. The van der Waals surface area contributed by atoms with Gasteiger partial charge >= 0.3 is 0 Å². The largest absolute Gasteiger partial charge is 0.382 e. The zero-order valence-corrected chi connectivity index (χ0v) is 12.5. The first-order valence-corrected chi connectivity index (χ1v) is 7.35. The van der Waals surface area contributed by atoms with Gasteiger partial charge in [-0.05, 0) is 12.8 Å². The summed E-state index contributed by atoms with van der Waals surface area (Å²) in [5.41, 5.74) is 0.888. The second-order valence-corrected chi connectivity index (χ2v) is 4.74. The fourth-order valence-electron chi connectivity index (χ4n) is 1.35. The molecule has 0 aromatic carbocycles. The van der Waals surface area contributed by atoms with Gasteiger partial charge in [0.05, 0.1) is 19.8 Å². The minimum Gasteiger partial charge on any atom is -0.382 e. The Balaban J connectivity index is 2.04. The second kappa shape index (κ2) is 11.1.